The Hall–Kier alpha value is -1.10. The van der Waals surface area contributed by atoms with Crippen molar-refractivity contribution in [2.45, 2.75) is 70.0 Å². The standard InChI is InChI=1S/C19H26O5/c1-16-6-3-7-19(24-15(16)22)11-5-4-10-8-18(11,9-17(10,2)23)12(13(16)19)14(20)21/h10-13,23H,3-9H2,1-2H3,(H,20,21)/t10-,11-,12-,13-,16-,17-,18-,19-/m1/s1. The summed E-state index contributed by atoms with van der Waals surface area (Å²) in [7, 11) is 0. The average molecular weight is 334 g/mol. The van der Waals surface area contributed by atoms with Crippen LogP contribution in [0.15, 0.2) is 0 Å². The lowest BCUT2D eigenvalue weighted by Crippen LogP contribution is -2.47. The molecule has 1 aliphatic heterocycles. The topological polar surface area (TPSA) is 83.8 Å². The summed E-state index contributed by atoms with van der Waals surface area (Å²) in [5, 5.41) is 21.1. The van der Waals surface area contributed by atoms with Gasteiger partial charge in [0.15, 0.2) is 0 Å². The molecule has 4 aliphatic carbocycles. The van der Waals surface area contributed by atoms with E-state index in [1.807, 2.05) is 13.8 Å². The van der Waals surface area contributed by atoms with Crippen LogP contribution >= 0.6 is 0 Å². The lowest BCUT2D eigenvalue weighted by molar-refractivity contribution is -0.160. The summed E-state index contributed by atoms with van der Waals surface area (Å²) in [6.45, 7) is 3.80. The van der Waals surface area contributed by atoms with Gasteiger partial charge in [0.05, 0.1) is 16.9 Å². The Bertz CT molecular complexity index is 656. The number of hydrogen-bond acceptors (Lipinski definition) is 4. The maximum absolute atomic E-state index is 12.7. The number of carbonyl (C=O) groups is 2. The number of hydrogen-bond donors (Lipinski definition) is 2. The van der Waals surface area contributed by atoms with E-state index in [4.69, 9.17) is 4.74 Å². The van der Waals surface area contributed by atoms with Crippen LogP contribution in [0, 0.1) is 34.5 Å². The second-order valence-electron chi connectivity index (χ2n) is 9.71. The number of carboxylic acid groups (broad SMARTS) is 1. The van der Waals surface area contributed by atoms with Gasteiger partial charge in [-0.3, -0.25) is 9.59 Å². The predicted molar refractivity (Wildman–Crippen MR) is 83.9 cm³/mol. The highest BCUT2D eigenvalue weighted by Crippen LogP contribution is 2.78. The molecule has 8 atom stereocenters. The number of aliphatic hydroxyl groups is 1. The summed E-state index contributed by atoms with van der Waals surface area (Å²) in [5.74, 6) is -1.52. The molecule has 4 saturated carbocycles. The second kappa shape index (κ2) is 4.00. The minimum atomic E-state index is -0.795. The molecule has 4 bridgehead atoms. The van der Waals surface area contributed by atoms with Crippen molar-refractivity contribution in [3.05, 3.63) is 0 Å². The third-order valence-corrected chi connectivity index (χ3v) is 8.72. The zero-order valence-electron chi connectivity index (χ0n) is 14.4. The van der Waals surface area contributed by atoms with E-state index >= 15 is 0 Å². The Labute approximate surface area is 141 Å². The van der Waals surface area contributed by atoms with Gasteiger partial charge in [0.2, 0.25) is 0 Å². The Morgan fingerprint density at radius 3 is 2.71 bits per heavy atom. The molecule has 132 valence electrons. The molecule has 5 nitrogen and oxygen atoms in total. The molecule has 5 rings (SSSR count). The summed E-state index contributed by atoms with van der Waals surface area (Å²) in [5.41, 5.74) is -2.47. The van der Waals surface area contributed by atoms with Gasteiger partial charge in [-0.05, 0) is 70.1 Å². The number of esters is 1. The first-order chi connectivity index (χ1) is 11.2. The van der Waals surface area contributed by atoms with Crippen molar-refractivity contribution in [1.29, 1.82) is 0 Å². The maximum Gasteiger partial charge on any atom is 0.312 e. The molecule has 24 heavy (non-hydrogen) atoms. The Balaban J connectivity index is 1.74. The van der Waals surface area contributed by atoms with Crippen LogP contribution in [0.4, 0.5) is 0 Å². The molecular formula is C19H26O5. The maximum atomic E-state index is 12.7. The first-order valence-corrected chi connectivity index (χ1v) is 9.36. The molecule has 0 unspecified atom stereocenters. The summed E-state index contributed by atoms with van der Waals surface area (Å²) >= 11 is 0. The van der Waals surface area contributed by atoms with Crippen molar-refractivity contribution in [2.24, 2.45) is 34.5 Å². The smallest absolute Gasteiger partial charge is 0.312 e. The number of fused-ring (bicyclic) bond motifs is 1. The molecule has 0 aromatic carbocycles. The van der Waals surface area contributed by atoms with Crippen LogP contribution in [-0.4, -0.2) is 33.4 Å². The fraction of sp³-hybridized carbons (Fsp3) is 0.895. The van der Waals surface area contributed by atoms with E-state index in [-0.39, 0.29) is 23.7 Å². The number of rotatable bonds is 1. The molecule has 1 saturated heterocycles. The van der Waals surface area contributed by atoms with Crippen LogP contribution in [0.1, 0.15) is 58.8 Å². The lowest BCUT2D eigenvalue weighted by atomic mass is 9.60. The molecule has 0 radical (unpaired) electrons. The fourth-order valence-corrected chi connectivity index (χ4v) is 8.13. The summed E-state index contributed by atoms with van der Waals surface area (Å²) < 4.78 is 6.08. The van der Waals surface area contributed by atoms with Crippen LogP contribution in [0.2, 0.25) is 0 Å². The van der Waals surface area contributed by atoms with Crippen LogP contribution in [0.25, 0.3) is 0 Å². The highest BCUT2D eigenvalue weighted by molar-refractivity contribution is 5.84. The van der Waals surface area contributed by atoms with Gasteiger partial charge in [-0.15, -0.1) is 0 Å². The van der Waals surface area contributed by atoms with Gasteiger partial charge in [-0.25, -0.2) is 0 Å². The van der Waals surface area contributed by atoms with E-state index < -0.39 is 33.9 Å². The van der Waals surface area contributed by atoms with E-state index in [0.29, 0.717) is 6.42 Å². The molecule has 1 spiro atoms. The molecule has 5 heteroatoms. The zero-order chi connectivity index (χ0) is 17.1. The van der Waals surface area contributed by atoms with Crippen molar-refractivity contribution in [1.82, 2.24) is 0 Å². The van der Waals surface area contributed by atoms with Crippen molar-refractivity contribution in [2.75, 3.05) is 0 Å². The average Bonchev–Trinajstić information content (AvgIpc) is 2.88. The second-order valence-corrected chi connectivity index (χ2v) is 9.71. The van der Waals surface area contributed by atoms with Crippen LogP contribution < -0.4 is 0 Å². The molecular weight excluding hydrogens is 308 g/mol. The van der Waals surface area contributed by atoms with E-state index in [1.54, 1.807) is 0 Å². The molecule has 5 fully saturated rings. The summed E-state index contributed by atoms with van der Waals surface area (Å²) in [6, 6.07) is 0. The third-order valence-electron chi connectivity index (χ3n) is 8.72. The number of aliphatic carboxylic acids is 1. The Morgan fingerprint density at radius 1 is 1.25 bits per heavy atom. The molecule has 2 N–H and O–H groups in total. The molecule has 5 aliphatic rings. The van der Waals surface area contributed by atoms with E-state index in [2.05, 4.69) is 0 Å². The predicted octanol–water partition coefficient (Wildman–Crippen LogP) is 2.36. The SMILES string of the molecule is C[C@]12CCC[C@@]3(OC1=O)[C@@H]1CC[C@@H]4C[C@]1(C[C@@]4(C)O)[C@@H](C(=O)O)[C@@H]32. The number of carbonyl (C=O) groups excluding carboxylic acids is 1. The highest BCUT2D eigenvalue weighted by atomic mass is 16.6. The molecule has 1 heterocycles. The van der Waals surface area contributed by atoms with Gasteiger partial charge in [-0.2, -0.15) is 0 Å². The first-order valence-electron chi connectivity index (χ1n) is 9.36. The molecule has 0 aromatic heterocycles. The van der Waals surface area contributed by atoms with Crippen LogP contribution in [0.5, 0.6) is 0 Å². The number of ether oxygens (including phenoxy) is 1. The molecule has 0 amide bonds. The minimum Gasteiger partial charge on any atom is -0.481 e. The third kappa shape index (κ3) is 1.36. The van der Waals surface area contributed by atoms with Crippen molar-refractivity contribution in [3.8, 4) is 0 Å². The van der Waals surface area contributed by atoms with Gasteiger partial charge in [0, 0.05) is 11.8 Å². The van der Waals surface area contributed by atoms with E-state index in [0.717, 1.165) is 38.5 Å². The monoisotopic (exact) mass is 334 g/mol. The molecule has 0 aromatic rings. The highest BCUT2D eigenvalue weighted by Gasteiger charge is 2.82. The van der Waals surface area contributed by atoms with Gasteiger partial charge in [0.1, 0.15) is 5.60 Å². The summed E-state index contributed by atoms with van der Waals surface area (Å²) in [6.07, 6.45) is 5.55. The van der Waals surface area contributed by atoms with Crippen molar-refractivity contribution in [3.63, 3.8) is 0 Å². The summed E-state index contributed by atoms with van der Waals surface area (Å²) in [4.78, 5) is 25.1. The normalized spacial score (nSPS) is 60.5. The lowest BCUT2D eigenvalue weighted by Gasteiger charge is -2.43. The van der Waals surface area contributed by atoms with Crippen LogP contribution in [-0.2, 0) is 14.3 Å². The van der Waals surface area contributed by atoms with E-state index in [9.17, 15) is 19.8 Å². The Kier molecular flexibility index (Phi) is 2.53. The minimum absolute atomic E-state index is 0.0902. The van der Waals surface area contributed by atoms with Gasteiger partial charge in [0.25, 0.3) is 0 Å². The zero-order valence-corrected chi connectivity index (χ0v) is 14.4. The van der Waals surface area contributed by atoms with E-state index in [1.165, 1.54) is 0 Å². The first kappa shape index (κ1) is 15.2. The fourth-order valence-electron chi connectivity index (χ4n) is 8.13. The van der Waals surface area contributed by atoms with Gasteiger partial charge in [-0.1, -0.05) is 0 Å². The largest absolute Gasteiger partial charge is 0.481 e. The van der Waals surface area contributed by atoms with Crippen molar-refractivity contribution < 1.29 is 24.5 Å². The quantitative estimate of drug-likeness (QED) is 0.719. The van der Waals surface area contributed by atoms with Crippen molar-refractivity contribution >= 4 is 11.9 Å². The number of carboxylic acids is 1. The van der Waals surface area contributed by atoms with Crippen LogP contribution in [0.3, 0.4) is 0 Å². The van der Waals surface area contributed by atoms with Gasteiger partial charge < -0.3 is 14.9 Å². The Morgan fingerprint density at radius 2 is 2.00 bits per heavy atom. The van der Waals surface area contributed by atoms with Gasteiger partial charge >= 0.3 is 11.9 Å².